The molecule has 1 aliphatic heterocycles. The van der Waals surface area contributed by atoms with Crippen molar-refractivity contribution in [3.8, 4) is 0 Å². The minimum absolute atomic E-state index is 0. The molecule has 1 saturated heterocycles. The summed E-state index contributed by atoms with van der Waals surface area (Å²) in [7, 11) is 0. The molecule has 5 nitrogen and oxygen atoms in total. The normalized spacial score (nSPS) is 17.0. The third-order valence-electron chi connectivity index (χ3n) is 5.62. The fourth-order valence-corrected chi connectivity index (χ4v) is 4.03. The lowest BCUT2D eigenvalue weighted by Gasteiger charge is -2.31. The van der Waals surface area contributed by atoms with Crippen LogP contribution in [0.3, 0.4) is 0 Å². The van der Waals surface area contributed by atoms with Crippen LogP contribution in [0, 0.1) is 5.82 Å². The van der Waals surface area contributed by atoms with Crippen LogP contribution in [0.5, 0.6) is 0 Å². The van der Waals surface area contributed by atoms with E-state index >= 15 is 0 Å². The van der Waals surface area contributed by atoms with Gasteiger partial charge in [0.15, 0.2) is 5.96 Å². The summed E-state index contributed by atoms with van der Waals surface area (Å²) in [6, 6.07) is 11.5. The van der Waals surface area contributed by atoms with Crippen LogP contribution in [0.2, 0.25) is 0 Å². The topological polar surface area (TPSA) is 73.9 Å². The van der Waals surface area contributed by atoms with Gasteiger partial charge in [0, 0.05) is 18.8 Å². The fraction of sp³-hybridized carbons (Fsp3) is 0.409. The molecule has 1 aliphatic carbocycles. The second kappa shape index (κ2) is 9.75. The van der Waals surface area contributed by atoms with Gasteiger partial charge >= 0.3 is 0 Å². The van der Waals surface area contributed by atoms with Crippen LogP contribution in [0.4, 0.5) is 15.8 Å². The Bertz CT molecular complexity index is 881. The number of aryl methyl sites for hydroxylation is 2. The number of anilines is 2. The number of nitrogens with two attached hydrogens (primary N) is 1. The minimum atomic E-state index is -0.269. The zero-order valence-corrected chi connectivity index (χ0v) is 18.7. The summed E-state index contributed by atoms with van der Waals surface area (Å²) in [5.41, 5.74) is 11.1. The molecule has 1 heterocycles. The number of piperidine rings is 1. The van der Waals surface area contributed by atoms with Crippen LogP contribution >= 0.6 is 24.0 Å². The first-order valence-electron chi connectivity index (χ1n) is 9.98. The first-order chi connectivity index (χ1) is 13.6. The number of nitrogens with zero attached hydrogens (tertiary/aromatic N) is 2. The number of benzene rings is 2. The standard InChI is InChI=1S/C22H27FN4O.HI/c23-20-12-15(4-7-21(20)27-10-8-19(28)9-11-27)14-25-22(24)26-18-6-5-16-2-1-3-17(16)13-18;/h4-7,12-13,19,28H,1-3,8-11,14H2,(H3,24,25,26);1H. The molecule has 0 aromatic heterocycles. The van der Waals surface area contributed by atoms with Gasteiger partial charge in [0.25, 0.3) is 0 Å². The largest absolute Gasteiger partial charge is 0.393 e. The Morgan fingerprint density at radius 3 is 2.66 bits per heavy atom. The van der Waals surface area contributed by atoms with E-state index in [1.54, 1.807) is 6.07 Å². The number of guanidine groups is 1. The lowest BCUT2D eigenvalue weighted by Crippen LogP contribution is -2.36. The lowest BCUT2D eigenvalue weighted by molar-refractivity contribution is 0.145. The lowest BCUT2D eigenvalue weighted by atomic mass is 10.1. The molecular weight excluding hydrogens is 482 g/mol. The van der Waals surface area contributed by atoms with Crippen molar-refractivity contribution in [2.75, 3.05) is 23.3 Å². The Kier molecular flexibility index (Phi) is 7.34. The second-order valence-electron chi connectivity index (χ2n) is 7.67. The molecule has 4 N–H and O–H groups in total. The second-order valence-corrected chi connectivity index (χ2v) is 7.67. The first-order valence-corrected chi connectivity index (χ1v) is 9.98. The summed E-state index contributed by atoms with van der Waals surface area (Å²) >= 11 is 0. The Hall–Kier alpha value is -1.87. The van der Waals surface area contributed by atoms with Gasteiger partial charge in [-0.05, 0) is 73.1 Å². The molecule has 156 valence electrons. The highest BCUT2D eigenvalue weighted by atomic mass is 127. The zero-order valence-electron chi connectivity index (χ0n) is 16.4. The summed E-state index contributed by atoms with van der Waals surface area (Å²) in [5.74, 6) is 0.0710. The van der Waals surface area contributed by atoms with Gasteiger partial charge in [0.05, 0.1) is 18.3 Å². The molecule has 0 atom stereocenters. The van der Waals surface area contributed by atoms with Crippen molar-refractivity contribution in [1.29, 1.82) is 0 Å². The van der Waals surface area contributed by atoms with Crippen molar-refractivity contribution >= 4 is 41.3 Å². The number of aliphatic hydroxyl groups excluding tert-OH is 1. The monoisotopic (exact) mass is 510 g/mol. The maximum absolute atomic E-state index is 14.5. The van der Waals surface area contributed by atoms with Crippen LogP contribution < -0.4 is 16.0 Å². The van der Waals surface area contributed by atoms with Crippen LogP contribution in [0.25, 0.3) is 0 Å². The number of hydrogen-bond donors (Lipinski definition) is 3. The van der Waals surface area contributed by atoms with E-state index in [0.717, 1.165) is 24.1 Å². The van der Waals surface area contributed by atoms with Gasteiger partial charge < -0.3 is 21.1 Å². The van der Waals surface area contributed by atoms with Crippen molar-refractivity contribution in [1.82, 2.24) is 0 Å². The van der Waals surface area contributed by atoms with Crippen molar-refractivity contribution < 1.29 is 9.50 Å². The van der Waals surface area contributed by atoms with Crippen LogP contribution in [0.1, 0.15) is 36.0 Å². The summed E-state index contributed by atoms with van der Waals surface area (Å²) in [5, 5.41) is 12.7. The summed E-state index contributed by atoms with van der Waals surface area (Å²) < 4.78 is 14.5. The highest BCUT2D eigenvalue weighted by molar-refractivity contribution is 14.0. The number of rotatable bonds is 4. The third kappa shape index (κ3) is 5.39. The quantitative estimate of drug-likeness (QED) is 0.332. The van der Waals surface area contributed by atoms with Gasteiger partial charge in [-0.2, -0.15) is 0 Å². The van der Waals surface area contributed by atoms with E-state index < -0.39 is 0 Å². The number of aliphatic hydroxyl groups is 1. The molecule has 1 fully saturated rings. The van der Waals surface area contributed by atoms with Gasteiger partial charge in [0.2, 0.25) is 0 Å². The molecule has 0 spiro atoms. The smallest absolute Gasteiger partial charge is 0.193 e. The zero-order chi connectivity index (χ0) is 19.5. The van der Waals surface area contributed by atoms with Gasteiger partial charge in [-0.15, -0.1) is 24.0 Å². The Morgan fingerprint density at radius 1 is 1.14 bits per heavy atom. The van der Waals surface area contributed by atoms with E-state index in [1.807, 2.05) is 17.0 Å². The van der Waals surface area contributed by atoms with Crippen molar-refractivity contribution in [2.24, 2.45) is 10.7 Å². The molecule has 29 heavy (non-hydrogen) atoms. The molecule has 0 radical (unpaired) electrons. The molecule has 0 amide bonds. The van der Waals surface area contributed by atoms with Crippen LogP contribution in [0.15, 0.2) is 41.4 Å². The van der Waals surface area contributed by atoms with Crippen molar-refractivity contribution in [2.45, 2.75) is 44.8 Å². The highest BCUT2D eigenvalue weighted by Gasteiger charge is 2.19. The van der Waals surface area contributed by atoms with Gasteiger partial charge in [0.1, 0.15) is 5.82 Å². The summed E-state index contributed by atoms with van der Waals surface area (Å²) in [6.07, 6.45) is 4.56. The maximum Gasteiger partial charge on any atom is 0.193 e. The van der Waals surface area contributed by atoms with Gasteiger partial charge in [-0.1, -0.05) is 12.1 Å². The number of aliphatic imine (C=N–C) groups is 1. The SMILES string of the molecule is I.NC(=NCc1ccc(N2CCC(O)CC2)c(F)c1)Nc1ccc2c(c1)CCC2. The molecule has 2 aliphatic rings. The van der Waals surface area contributed by atoms with E-state index in [1.165, 1.54) is 23.6 Å². The molecular formula is C22H28FIN4O. The van der Waals surface area contributed by atoms with Crippen molar-refractivity contribution in [3.63, 3.8) is 0 Å². The predicted octanol–water partition coefficient (Wildman–Crippen LogP) is 3.82. The molecule has 0 saturated carbocycles. The average Bonchev–Trinajstić information content (AvgIpc) is 3.15. The molecule has 0 bridgehead atoms. The minimum Gasteiger partial charge on any atom is -0.393 e. The summed E-state index contributed by atoms with van der Waals surface area (Å²) in [4.78, 5) is 6.33. The third-order valence-corrected chi connectivity index (χ3v) is 5.62. The molecule has 7 heteroatoms. The molecule has 4 rings (SSSR count). The van der Waals surface area contributed by atoms with E-state index in [4.69, 9.17) is 5.73 Å². The number of nitrogens with one attached hydrogen (secondary N) is 1. The Balaban J connectivity index is 0.00000240. The van der Waals surface area contributed by atoms with Crippen molar-refractivity contribution in [3.05, 3.63) is 58.9 Å². The molecule has 2 aromatic rings. The number of halogens is 2. The molecule has 0 unspecified atom stereocenters. The van der Waals surface area contributed by atoms with Gasteiger partial charge in [-0.3, -0.25) is 0 Å². The number of fused-ring (bicyclic) bond motifs is 1. The van der Waals surface area contributed by atoms with Crippen LogP contribution in [-0.2, 0) is 19.4 Å². The highest BCUT2D eigenvalue weighted by Crippen LogP contribution is 2.26. The van der Waals surface area contributed by atoms with E-state index in [9.17, 15) is 9.50 Å². The Labute approximate surface area is 188 Å². The van der Waals surface area contributed by atoms with E-state index in [-0.39, 0.29) is 35.9 Å². The fourth-order valence-electron chi connectivity index (χ4n) is 4.03. The predicted molar refractivity (Wildman–Crippen MR) is 127 cm³/mol. The first kappa shape index (κ1) is 21.8. The maximum atomic E-state index is 14.5. The Morgan fingerprint density at radius 2 is 1.90 bits per heavy atom. The van der Waals surface area contributed by atoms with E-state index in [2.05, 4.69) is 22.4 Å². The van der Waals surface area contributed by atoms with Gasteiger partial charge in [-0.25, -0.2) is 9.38 Å². The van der Waals surface area contributed by atoms with E-state index in [0.29, 0.717) is 44.1 Å². The molecule has 2 aromatic carbocycles. The summed E-state index contributed by atoms with van der Waals surface area (Å²) in [6.45, 7) is 1.67. The average molecular weight is 510 g/mol. The number of hydrogen-bond acceptors (Lipinski definition) is 3. The van der Waals surface area contributed by atoms with Crippen LogP contribution in [-0.4, -0.2) is 30.3 Å².